The Labute approximate surface area is 179 Å². The summed E-state index contributed by atoms with van der Waals surface area (Å²) in [5.41, 5.74) is 2.52. The standard InChI is InChI=1S/C18H21NO.C4H6O6.H2O/c20-16-12-7-13-19-18(16)17(14-8-3-1-4-9-14)15-10-5-2-6-11-15;5-1(3(7)8)2(6)4(9)10;/h1-6,8-11,16-20H,7,12-13H2;1-2,5-6H,(H,7,8)(H,9,10);1H2. The third-order valence-corrected chi connectivity index (χ3v) is 4.95. The highest BCUT2D eigenvalue weighted by Crippen LogP contribution is 2.31. The van der Waals surface area contributed by atoms with Crippen LogP contribution in [0.25, 0.3) is 0 Å². The van der Waals surface area contributed by atoms with E-state index in [2.05, 4.69) is 53.8 Å². The fourth-order valence-corrected chi connectivity index (χ4v) is 3.43. The SMILES string of the molecule is O.O=C(O)C(O)C(O)C(=O)O.OC1CCCNC1C(c1ccccc1)c1ccccc1. The van der Waals surface area contributed by atoms with Crippen molar-refractivity contribution in [3.63, 3.8) is 0 Å². The van der Waals surface area contributed by atoms with Gasteiger partial charge in [0.25, 0.3) is 0 Å². The molecule has 1 aliphatic rings. The van der Waals surface area contributed by atoms with E-state index in [4.69, 9.17) is 20.4 Å². The lowest BCUT2D eigenvalue weighted by molar-refractivity contribution is -0.165. The predicted molar refractivity (Wildman–Crippen MR) is 113 cm³/mol. The first-order valence-corrected chi connectivity index (χ1v) is 9.66. The van der Waals surface area contributed by atoms with E-state index in [1.165, 1.54) is 11.1 Å². The molecular formula is C22H29NO8. The number of carboxylic acid groups (broad SMARTS) is 2. The van der Waals surface area contributed by atoms with Crippen LogP contribution in [0.2, 0.25) is 0 Å². The smallest absolute Gasteiger partial charge is 0.335 e. The van der Waals surface area contributed by atoms with Gasteiger partial charge in [0.05, 0.1) is 6.10 Å². The van der Waals surface area contributed by atoms with Crippen molar-refractivity contribution < 1.29 is 40.6 Å². The van der Waals surface area contributed by atoms with E-state index in [-0.39, 0.29) is 23.5 Å². The van der Waals surface area contributed by atoms with Crippen molar-refractivity contribution in [3.8, 4) is 0 Å². The van der Waals surface area contributed by atoms with Crippen LogP contribution >= 0.6 is 0 Å². The maximum atomic E-state index is 10.4. The van der Waals surface area contributed by atoms with Gasteiger partial charge >= 0.3 is 11.9 Å². The number of piperidine rings is 1. The Balaban J connectivity index is 0.000000376. The summed E-state index contributed by atoms with van der Waals surface area (Å²) in [7, 11) is 0. The number of aliphatic hydroxyl groups is 3. The normalized spacial score (nSPS) is 19.9. The molecular weight excluding hydrogens is 406 g/mol. The zero-order valence-corrected chi connectivity index (χ0v) is 16.8. The number of rotatable bonds is 6. The van der Waals surface area contributed by atoms with E-state index in [1.54, 1.807) is 0 Å². The van der Waals surface area contributed by atoms with Crippen LogP contribution in [0, 0.1) is 0 Å². The van der Waals surface area contributed by atoms with Gasteiger partial charge in [-0.05, 0) is 30.5 Å². The number of carbonyl (C=O) groups is 2. The van der Waals surface area contributed by atoms with Crippen molar-refractivity contribution in [2.45, 2.75) is 43.1 Å². The van der Waals surface area contributed by atoms with Gasteiger partial charge in [0.2, 0.25) is 0 Å². The van der Waals surface area contributed by atoms with Crippen molar-refractivity contribution >= 4 is 11.9 Å². The first-order valence-electron chi connectivity index (χ1n) is 9.66. The van der Waals surface area contributed by atoms with Gasteiger partial charge in [-0.2, -0.15) is 0 Å². The fourth-order valence-electron chi connectivity index (χ4n) is 3.43. The fraction of sp³-hybridized carbons (Fsp3) is 0.364. The van der Waals surface area contributed by atoms with Gasteiger partial charge in [0.15, 0.2) is 12.2 Å². The zero-order chi connectivity index (χ0) is 22.1. The van der Waals surface area contributed by atoms with Crippen molar-refractivity contribution in [1.82, 2.24) is 5.32 Å². The number of hydrogen-bond acceptors (Lipinski definition) is 6. The monoisotopic (exact) mass is 435 g/mol. The molecule has 1 saturated heterocycles. The molecule has 9 nitrogen and oxygen atoms in total. The number of nitrogens with one attached hydrogen (secondary N) is 1. The molecule has 0 radical (unpaired) electrons. The minimum absolute atomic E-state index is 0. The topological polar surface area (TPSA) is 179 Å². The van der Waals surface area contributed by atoms with Crippen molar-refractivity contribution in [1.29, 1.82) is 0 Å². The van der Waals surface area contributed by atoms with Crippen LogP contribution in [0.15, 0.2) is 60.7 Å². The molecule has 4 atom stereocenters. The summed E-state index contributed by atoms with van der Waals surface area (Å²) in [6, 6.07) is 21.1. The number of aliphatic carboxylic acids is 2. The molecule has 0 aromatic heterocycles. The summed E-state index contributed by atoms with van der Waals surface area (Å²) in [4.78, 5) is 19.5. The second kappa shape index (κ2) is 12.8. The Morgan fingerprint density at radius 3 is 1.61 bits per heavy atom. The summed E-state index contributed by atoms with van der Waals surface area (Å²) in [6.45, 7) is 0.984. The molecule has 2 aromatic carbocycles. The highest BCUT2D eigenvalue weighted by Gasteiger charge is 2.32. The second-order valence-electron chi connectivity index (χ2n) is 7.05. The molecule has 0 bridgehead atoms. The van der Waals surface area contributed by atoms with E-state index in [0.717, 1.165) is 19.4 Å². The van der Waals surface area contributed by atoms with Crippen LogP contribution < -0.4 is 5.32 Å². The first-order chi connectivity index (χ1) is 14.3. The van der Waals surface area contributed by atoms with E-state index in [9.17, 15) is 14.7 Å². The number of aliphatic hydroxyl groups excluding tert-OH is 3. The minimum atomic E-state index is -2.27. The molecule has 0 spiro atoms. The maximum absolute atomic E-state index is 10.4. The first kappa shape index (κ1) is 26.2. The van der Waals surface area contributed by atoms with Gasteiger partial charge in [0.1, 0.15) is 0 Å². The van der Waals surface area contributed by atoms with Crippen molar-refractivity contribution in [3.05, 3.63) is 71.8 Å². The van der Waals surface area contributed by atoms with Crippen molar-refractivity contribution in [2.24, 2.45) is 0 Å². The molecule has 1 aliphatic heterocycles. The van der Waals surface area contributed by atoms with Crippen LogP contribution in [0.4, 0.5) is 0 Å². The van der Waals surface area contributed by atoms with Gasteiger partial charge in [-0.15, -0.1) is 0 Å². The van der Waals surface area contributed by atoms with Crippen LogP contribution in [-0.4, -0.2) is 73.8 Å². The quantitative estimate of drug-likeness (QED) is 0.366. The van der Waals surface area contributed by atoms with E-state index < -0.39 is 24.1 Å². The van der Waals surface area contributed by atoms with Crippen LogP contribution in [0.3, 0.4) is 0 Å². The molecule has 4 unspecified atom stereocenters. The third-order valence-electron chi connectivity index (χ3n) is 4.95. The van der Waals surface area contributed by atoms with E-state index in [0.29, 0.717) is 0 Å². The molecule has 0 saturated carbocycles. The summed E-state index contributed by atoms with van der Waals surface area (Å²) in [5, 5.41) is 46.4. The second-order valence-corrected chi connectivity index (χ2v) is 7.05. The highest BCUT2D eigenvalue weighted by molar-refractivity contribution is 5.83. The zero-order valence-electron chi connectivity index (χ0n) is 16.8. The number of hydrogen-bond donors (Lipinski definition) is 6. The Bertz CT molecular complexity index is 744. The lowest BCUT2D eigenvalue weighted by Gasteiger charge is -2.36. The summed E-state index contributed by atoms with van der Waals surface area (Å²) in [5.74, 6) is -3.34. The largest absolute Gasteiger partial charge is 0.479 e. The Hall–Kier alpha value is -2.82. The molecule has 31 heavy (non-hydrogen) atoms. The molecule has 1 fully saturated rings. The molecule has 0 amide bonds. The molecule has 170 valence electrons. The van der Waals surface area contributed by atoms with E-state index in [1.807, 2.05) is 12.1 Å². The average Bonchev–Trinajstić information content (AvgIpc) is 2.76. The number of benzene rings is 2. The molecule has 0 aliphatic carbocycles. The molecule has 8 N–H and O–H groups in total. The Morgan fingerprint density at radius 2 is 1.26 bits per heavy atom. The average molecular weight is 435 g/mol. The lowest BCUT2D eigenvalue weighted by atomic mass is 9.80. The van der Waals surface area contributed by atoms with Crippen LogP contribution in [0.5, 0.6) is 0 Å². The van der Waals surface area contributed by atoms with Gasteiger partial charge in [-0.3, -0.25) is 0 Å². The van der Waals surface area contributed by atoms with Gasteiger partial charge < -0.3 is 36.3 Å². The summed E-state index contributed by atoms with van der Waals surface area (Å²) in [6.07, 6.45) is -2.88. The third kappa shape index (κ3) is 7.42. The molecule has 2 aromatic rings. The molecule has 9 heteroatoms. The minimum Gasteiger partial charge on any atom is -0.479 e. The van der Waals surface area contributed by atoms with Gasteiger partial charge in [-0.1, -0.05) is 60.7 Å². The Morgan fingerprint density at radius 1 is 0.839 bits per heavy atom. The van der Waals surface area contributed by atoms with Gasteiger partial charge in [0, 0.05) is 12.0 Å². The van der Waals surface area contributed by atoms with Crippen LogP contribution in [-0.2, 0) is 9.59 Å². The number of carboxylic acids is 2. The molecule has 1 heterocycles. The van der Waals surface area contributed by atoms with Crippen molar-refractivity contribution in [2.75, 3.05) is 6.54 Å². The summed E-state index contributed by atoms with van der Waals surface area (Å²) >= 11 is 0. The molecule has 3 rings (SSSR count). The highest BCUT2D eigenvalue weighted by atomic mass is 16.4. The maximum Gasteiger partial charge on any atom is 0.335 e. The lowest BCUT2D eigenvalue weighted by Crippen LogP contribution is -2.48. The Kier molecular flexibility index (Phi) is 10.8. The van der Waals surface area contributed by atoms with E-state index >= 15 is 0 Å². The van der Waals surface area contributed by atoms with Gasteiger partial charge in [-0.25, -0.2) is 9.59 Å². The predicted octanol–water partition coefficient (Wildman–Crippen LogP) is -0.0159. The summed E-state index contributed by atoms with van der Waals surface area (Å²) < 4.78 is 0. The van der Waals surface area contributed by atoms with Crippen LogP contribution in [0.1, 0.15) is 29.9 Å².